The molecule has 4 heteroatoms. The monoisotopic (exact) mass is 263 g/mol. The van der Waals surface area contributed by atoms with Crippen molar-refractivity contribution in [3.05, 3.63) is 35.4 Å². The summed E-state index contributed by atoms with van der Waals surface area (Å²) >= 11 is 0. The van der Waals surface area contributed by atoms with E-state index in [1.807, 2.05) is 12.1 Å². The standard InChI is InChI=1S/C15H21NO3/c1-3-4-12-5-7-13(8-6-12)10-16-15(19)11(2)9-14(17)18/h5-8,11H,3-4,9-10H2,1-2H3,(H,16,19)(H,17,18). The highest BCUT2D eigenvalue weighted by molar-refractivity contribution is 5.82. The Hall–Kier alpha value is -1.84. The van der Waals surface area contributed by atoms with Gasteiger partial charge in [0.25, 0.3) is 0 Å². The number of hydrogen-bond donors (Lipinski definition) is 2. The second kappa shape index (κ2) is 7.56. The highest BCUT2D eigenvalue weighted by atomic mass is 16.4. The molecule has 1 atom stereocenters. The number of aliphatic carboxylic acids is 1. The molecule has 4 nitrogen and oxygen atoms in total. The zero-order valence-electron chi connectivity index (χ0n) is 11.5. The van der Waals surface area contributed by atoms with Crippen molar-refractivity contribution in [2.24, 2.45) is 5.92 Å². The van der Waals surface area contributed by atoms with Gasteiger partial charge in [-0.05, 0) is 17.5 Å². The molecule has 0 heterocycles. The normalized spacial score (nSPS) is 11.9. The fourth-order valence-corrected chi connectivity index (χ4v) is 1.83. The van der Waals surface area contributed by atoms with E-state index in [-0.39, 0.29) is 12.3 Å². The molecule has 0 aliphatic rings. The van der Waals surface area contributed by atoms with Gasteiger partial charge in [-0.25, -0.2) is 0 Å². The molecule has 0 aliphatic heterocycles. The molecule has 104 valence electrons. The van der Waals surface area contributed by atoms with Gasteiger partial charge in [-0.3, -0.25) is 9.59 Å². The fourth-order valence-electron chi connectivity index (χ4n) is 1.83. The van der Waals surface area contributed by atoms with Gasteiger partial charge >= 0.3 is 5.97 Å². The molecular weight excluding hydrogens is 242 g/mol. The molecule has 1 unspecified atom stereocenters. The van der Waals surface area contributed by atoms with Gasteiger partial charge in [0.05, 0.1) is 6.42 Å². The molecule has 1 aromatic rings. The number of aryl methyl sites for hydroxylation is 1. The van der Waals surface area contributed by atoms with Crippen molar-refractivity contribution in [2.45, 2.75) is 39.7 Å². The third kappa shape index (κ3) is 5.55. The Labute approximate surface area is 113 Å². The number of rotatable bonds is 7. The molecule has 0 spiro atoms. The molecule has 0 aliphatic carbocycles. The number of nitrogens with one attached hydrogen (secondary N) is 1. The lowest BCUT2D eigenvalue weighted by atomic mass is 10.1. The lowest BCUT2D eigenvalue weighted by Gasteiger charge is -2.10. The minimum absolute atomic E-state index is 0.138. The summed E-state index contributed by atoms with van der Waals surface area (Å²) < 4.78 is 0. The molecule has 19 heavy (non-hydrogen) atoms. The quantitative estimate of drug-likeness (QED) is 0.793. The maximum atomic E-state index is 11.6. The van der Waals surface area contributed by atoms with Crippen LogP contribution in [0.15, 0.2) is 24.3 Å². The molecule has 0 aromatic heterocycles. The Bertz CT molecular complexity index is 426. The van der Waals surface area contributed by atoms with E-state index in [4.69, 9.17) is 5.11 Å². The van der Waals surface area contributed by atoms with Crippen LogP contribution in [-0.4, -0.2) is 17.0 Å². The highest BCUT2D eigenvalue weighted by Crippen LogP contribution is 2.07. The molecular formula is C15H21NO3. The Balaban J connectivity index is 2.43. The van der Waals surface area contributed by atoms with Crippen LogP contribution in [0.25, 0.3) is 0 Å². The summed E-state index contributed by atoms with van der Waals surface area (Å²) in [5.74, 6) is -1.68. The van der Waals surface area contributed by atoms with Crippen molar-refractivity contribution in [2.75, 3.05) is 0 Å². The van der Waals surface area contributed by atoms with Crippen molar-refractivity contribution in [3.63, 3.8) is 0 Å². The second-order valence-corrected chi connectivity index (χ2v) is 4.78. The average Bonchev–Trinajstić information content (AvgIpc) is 2.37. The van der Waals surface area contributed by atoms with Crippen LogP contribution in [0.1, 0.15) is 37.8 Å². The highest BCUT2D eigenvalue weighted by Gasteiger charge is 2.15. The van der Waals surface area contributed by atoms with Gasteiger partial charge < -0.3 is 10.4 Å². The smallest absolute Gasteiger partial charge is 0.304 e. The molecule has 1 aromatic carbocycles. The number of carboxylic acids is 1. The summed E-state index contributed by atoms with van der Waals surface area (Å²) in [6.07, 6.45) is 2.03. The first-order chi connectivity index (χ1) is 9.02. The molecule has 2 N–H and O–H groups in total. The van der Waals surface area contributed by atoms with Gasteiger partial charge in [-0.2, -0.15) is 0 Å². The summed E-state index contributed by atoms with van der Waals surface area (Å²) in [5.41, 5.74) is 2.31. The molecule has 1 amide bonds. The molecule has 0 saturated heterocycles. The van der Waals surface area contributed by atoms with E-state index >= 15 is 0 Å². The first-order valence-corrected chi connectivity index (χ1v) is 6.60. The third-order valence-corrected chi connectivity index (χ3v) is 2.96. The summed E-state index contributed by atoms with van der Waals surface area (Å²) in [6, 6.07) is 8.11. The zero-order valence-corrected chi connectivity index (χ0v) is 11.5. The van der Waals surface area contributed by atoms with Crippen LogP contribution in [0, 0.1) is 5.92 Å². The predicted octanol–water partition coefficient (Wildman–Crippen LogP) is 2.37. The minimum Gasteiger partial charge on any atom is -0.481 e. The lowest BCUT2D eigenvalue weighted by molar-refractivity contribution is -0.140. The van der Waals surface area contributed by atoms with Crippen molar-refractivity contribution in [3.8, 4) is 0 Å². The zero-order chi connectivity index (χ0) is 14.3. The van der Waals surface area contributed by atoms with Gasteiger partial charge in [0.1, 0.15) is 0 Å². The fraction of sp³-hybridized carbons (Fsp3) is 0.467. The van der Waals surface area contributed by atoms with Crippen LogP contribution in [0.4, 0.5) is 0 Å². The summed E-state index contributed by atoms with van der Waals surface area (Å²) in [4.78, 5) is 22.2. The molecule has 0 radical (unpaired) electrons. The van der Waals surface area contributed by atoms with Crippen LogP contribution >= 0.6 is 0 Å². The van der Waals surface area contributed by atoms with Crippen LogP contribution in [-0.2, 0) is 22.6 Å². The van der Waals surface area contributed by atoms with Crippen LogP contribution in [0.2, 0.25) is 0 Å². The van der Waals surface area contributed by atoms with Crippen LogP contribution in [0.3, 0.4) is 0 Å². The summed E-state index contributed by atoms with van der Waals surface area (Å²) in [6.45, 7) is 4.20. The number of carbonyl (C=O) groups excluding carboxylic acids is 1. The van der Waals surface area contributed by atoms with E-state index in [0.717, 1.165) is 18.4 Å². The van der Waals surface area contributed by atoms with E-state index < -0.39 is 11.9 Å². The average molecular weight is 263 g/mol. The maximum absolute atomic E-state index is 11.6. The van der Waals surface area contributed by atoms with Crippen molar-refractivity contribution in [1.29, 1.82) is 0 Å². The van der Waals surface area contributed by atoms with Crippen LogP contribution in [0.5, 0.6) is 0 Å². The van der Waals surface area contributed by atoms with Crippen molar-refractivity contribution >= 4 is 11.9 Å². The van der Waals surface area contributed by atoms with E-state index in [1.54, 1.807) is 6.92 Å². The van der Waals surface area contributed by atoms with E-state index in [9.17, 15) is 9.59 Å². The predicted molar refractivity (Wildman–Crippen MR) is 73.7 cm³/mol. The first-order valence-electron chi connectivity index (χ1n) is 6.60. The minimum atomic E-state index is -0.952. The molecule has 1 rings (SSSR count). The number of carbonyl (C=O) groups is 2. The van der Waals surface area contributed by atoms with Gasteiger partial charge in [0.2, 0.25) is 5.91 Å². The second-order valence-electron chi connectivity index (χ2n) is 4.78. The maximum Gasteiger partial charge on any atom is 0.304 e. The number of benzene rings is 1. The first kappa shape index (κ1) is 15.2. The van der Waals surface area contributed by atoms with Gasteiger partial charge in [-0.15, -0.1) is 0 Å². The Morgan fingerprint density at radius 1 is 1.21 bits per heavy atom. The van der Waals surface area contributed by atoms with Crippen LogP contribution < -0.4 is 5.32 Å². The summed E-state index contributed by atoms with van der Waals surface area (Å²) in [5, 5.41) is 11.4. The third-order valence-electron chi connectivity index (χ3n) is 2.96. The van der Waals surface area contributed by atoms with Gasteiger partial charge in [0.15, 0.2) is 0 Å². The van der Waals surface area contributed by atoms with Gasteiger partial charge in [-0.1, -0.05) is 44.5 Å². The van der Waals surface area contributed by atoms with Gasteiger partial charge in [0, 0.05) is 12.5 Å². The lowest BCUT2D eigenvalue weighted by Crippen LogP contribution is -2.30. The number of hydrogen-bond acceptors (Lipinski definition) is 2. The molecule has 0 bridgehead atoms. The number of carboxylic acid groups (broad SMARTS) is 1. The topological polar surface area (TPSA) is 66.4 Å². The van der Waals surface area contributed by atoms with E-state index in [1.165, 1.54) is 5.56 Å². The SMILES string of the molecule is CCCc1ccc(CNC(=O)C(C)CC(=O)O)cc1. The Morgan fingerprint density at radius 3 is 2.32 bits per heavy atom. The number of amides is 1. The Kier molecular flexibility index (Phi) is 6.06. The van der Waals surface area contributed by atoms with Crippen molar-refractivity contribution in [1.82, 2.24) is 5.32 Å². The van der Waals surface area contributed by atoms with E-state index in [0.29, 0.717) is 6.54 Å². The largest absolute Gasteiger partial charge is 0.481 e. The van der Waals surface area contributed by atoms with E-state index in [2.05, 4.69) is 24.4 Å². The summed E-state index contributed by atoms with van der Waals surface area (Å²) in [7, 11) is 0. The molecule has 0 saturated carbocycles. The van der Waals surface area contributed by atoms with Crippen molar-refractivity contribution < 1.29 is 14.7 Å². The molecule has 0 fully saturated rings. The Morgan fingerprint density at radius 2 is 1.79 bits per heavy atom.